The molecule has 0 aliphatic carbocycles. The van der Waals surface area contributed by atoms with Crippen molar-refractivity contribution in [3.8, 4) is 0 Å². The van der Waals surface area contributed by atoms with E-state index in [9.17, 15) is 0 Å². The molecule has 12 heavy (non-hydrogen) atoms. The largest absolute Gasteiger partial charge is 0.316 e. The summed E-state index contributed by atoms with van der Waals surface area (Å²) in [7, 11) is 3.89. The molecule has 0 saturated heterocycles. The number of likely N-dealkylation sites (N-methyl/N-ethyl adjacent to an activating group) is 1. The summed E-state index contributed by atoms with van der Waals surface area (Å²) in [5, 5.41) is 7.18. The first-order valence-corrected chi connectivity index (χ1v) is 4.04. The summed E-state index contributed by atoms with van der Waals surface area (Å²) >= 11 is 0. The van der Waals surface area contributed by atoms with E-state index in [0.29, 0.717) is 0 Å². The van der Waals surface area contributed by atoms with Crippen LogP contribution in [0.3, 0.4) is 0 Å². The maximum atomic E-state index is 4.08. The van der Waals surface area contributed by atoms with Crippen molar-refractivity contribution < 1.29 is 0 Å². The van der Waals surface area contributed by atoms with Gasteiger partial charge in [-0.25, -0.2) is 0 Å². The fourth-order valence-electron chi connectivity index (χ4n) is 1.11. The van der Waals surface area contributed by atoms with E-state index in [1.165, 1.54) is 5.57 Å². The molecule has 0 atom stereocenters. The summed E-state index contributed by atoms with van der Waals surface area (Å²) in [4.78, 5) is 0. The number of hydrogen-bond donors (Lipinski definition) is 1. The molecule has 0 radical (unpaired) electrons. The summed E-state index contributed by atoms with van der Waals surface area (Å²) in [5.74, 6) is 0. The third kappa shape index (κ3) is 2.20. The monoisotopic (exact) mass is 165 g/mol. The minimum atomic E-state index is 0.922. The third-order valence-electron chi connectivity index (χ3n) is 1.71. The van der Waals surface area contributed by atoms with Gasteiger partial charge < -0.3 is 5.32 Å². The quantitative estimate of drug-likeness (QED) is 0.725. The SMILES string of the molecule is CNCC(C)=Cc1ccnn1C. The zero-order valence-corrected chi connectivity index (χ0v) is 7.83. The van der Waals surface area contributed by atoms with Crippen LogP contribution in [0.5, 0.6) is 0 Å². The number of nitrogens with one attached hydrogen (secondary N) is 1. The minimum Gasteiger partial charge on any atom is -0.316 e. The lowest BCUT2D eigenvalue weighted by molar-refractivity contribution is 0.758. The molecule has 1 N–H and O–H groups in total. The molecule has 0 aromatic carbocycles. The Balaban J connectivity index is 2.73. The van der Waals surface area contributed by atoms with Crippen molar-refractivity contribution in [1.82, 2.24) is 15.1 Å². The molecule has 66 valence electrons. The van der Waals surface area contributed by atoms with Crippen LogP contribution >= 0.6 is 0 Å². The second kappa shape index (κ2) is 4.07. The van der Waals surface area contributed by atoms with Crippen LogP contribution in [0.25, 0.3) is 6.08 Å². The molecule has 0 fully saturated rings. The number of aryl methyl sites for hydroxylation is 1. The van der Waals surface area contributed by atoms with Crippen LogP contribution in [-0.2, 0) is 7.05 Å². The molecule has 1 aromatic rings. The molecule has 1 heterocycles. The highest BCUT2D eigenvalue weighted by Gasteiger charge is 1.93. The molecule has 0 unspecified atom stereocenters. The summed E-state index contributed by atoms with van der Waals surface area (Å²) < 4.78 is 1.86. The van der Waals surface area contributed by atoms with Crippen LogP contribution in [0.4, 0.5) is 0 Å². The molecule has 0 aliphatic rings. The zero-order valence-electron chi connectivity index (χ0n) is 7.83. The second-order valence-corrected chi connectivity index (χ2v) is 2.90. The van der Waals surface area contributed by atoms with Gasteiger partial charge in [0.15, 0.2) is 0 Å². The van der Waals surface area contributed by atoms with E-state index in [2.05, 4.69) is 23.4 Å². The summed E-state index contributed by atoms with van der Waals surface area (Å²) in [6, 6.07) is 2.00. The van der Waals surface area contributed by atoms with Gasteiger partial charge >= 0.3 is 0 Å². The highest BCUT2D eigenvalue weighted by atomic mass is 15.2. The van der Waals surface area contributed by atoms with Crippen LogP contribution in [0.15, 0.2) is 17.8 Å². The van der Waals surface area contributed by atoms with Crippen molar-refractivity contribution in [3.63, 3.8) is 0 Å². The molecule has 0 spiro atoms. The van der Waals surface area contributed by atoms with E-state index in [-0.39, 0.29) is 0 Å². The average molecular weight is 165 g/mol. The Morgan fingerprint density at radius 3 is 3.00 bits per heavy atom. The van der Waals surface area contributed by atoms with Crippen molar-refractivity contribution in [1.29, 1.82) is 0 Å². The van der Waals surface area contributed by atoms with E-state index in [0.717, 1.165) is 12.2 Å². The Labute approximate surface area is 73.1 Å². The molecule has 0 saturated carbocycles. The summed E-state index contributed by atoms with van der Waals surface area (Å²) in [6.07, 6.45) is 3.93. The normalized spacial score (nSPS) is 12.1. The lowest BCUT2D eigenvalue weighted by atomic mass is 10.2. The van der Waals surface area contributed by atoms with Gasteiger partial charge in [0, 0.05) is 19.8 Å². The van der Waals surface area contributed by atoms with Crippen LogP contribution in [0.2, 0.25) is 0 Å². The zero-order chi connectivity index (χ0) is 8.97. The fraction of sp³-hybridized carbons (Fsp3) is 0.444. The van der Waals surface area contributed by atoms with E-state index < -0.39 is 0 Å². The maximum absolute atomic E-state index is 4.08. The Bertz CT molecular complexity index is 273. The first-order valence-electron chi connectivity index (χ1n) is 4.04. The Morgan fingerprint density at radius 2 is 2.50 bits per heavy atom. The first kappa shape index (κ1) is 9.00. The van der Waals surface area contributed by atoms with Gasteiger partial charge in [-0.1, -0.05) is 5.57 Å². The van der Waals surface area contributed by atoms with E-state index in [4.69, 9.17) is 0 Å². The number of aromatic nitrogens is 2. The molecule has 3 nitrogen and oxygen atoms in total. The number of nitrogens with zero attached hydrogens (tertiary/aromatic N) is 2. The van der Waals surface area contributed by atoms with Crippen molar-refractivity contribution in [2.45, 2.75) is 6.92 Å². The minimum absolute atomic E-state index is 0.922. The fourth-order valence-corrected chi connectivity index (χ4v) is 1.11. The molecule has 3 heteroatoms. The van der Waals surface area contributed by atoms with Crippen LogP contribution in [-0.4, -0.2) is 23.4 Å². The number of hydrogen-bond acceptors (Lipinski definition) is 2. The highest BCUT2D eigenvalue weighted by Crippen LogP contribution is 2.03. The second-order valence-electron chi connectivity index (χ2n) is 2.90. The van der Waals surface area contributed by atoms with Crippen molar-refractivity contribution in [3.05, 3.63) is 23.5 Å². The van der Waals surface area contributed by atoms with Gasteiger partial charge in [-0.05, 0) is 26.1 Å². The topological polar surface area (TPSA) is 29.9 Å². The average Bonchev–Trinajstić information content (AvgIpc) is 2.37. The van der Waals surface area contributed by atoms with Crippen molar-refractivity contribution >= 4 is 6.08 Å². The van der Waals surface area contributed by atoms with Crippen LogP contribution in [0, 0.1) is 0 Å². The predicted molar refractivity (Wildman–Crippen MR) is 50.8 cm³/mol. The maximum Gasteiger partial charge on any atom is 0.0606 e. The standard InChI is InChI=1S/C9H15N3/c1-8(7-10-2)6-9-4-5-11-12(9)3/h4-6,10H,7H2,1-3H3. The molecule has 1 rings (SSSR count). The van der Waals surface area contributed by atoms with Gasteiger partial charge in [0.2, 0.25) is 0 Å². The van der Waals surface area contributed by atoms with Crippen LogP contribution < -0.4 is 5.32 Å². The number of rotatable bonds is 3. The van der Waals surface area contributed by atoms with E-state index >= 15 is 0 Å². The molecular formula is C9H15N3. The van der Waals surface area contributed by atoms with Gasteiger partial charge in [0.1, 0.15) is 0 Å². The molecule has 0 bridgehead atoms. The Hall–Kier alpha value is -1.09. The van der Waals surface area contributed by atoms with E-state index in [1.54, 1.807) is 6.20 Å². The molecule has 1 aromatic heterocycles. The van der Waals surface area contributed by atoms with Crippen molar-refractivity contribution in [2.24, 2.45) is 7.05 Å². The highest BCUT2D eigenvalue weighted by molar-refractivity contribution is 5.48. The van der Waals surface area contributed by atoms with Gasteiger partial charge in [0.05, 0.1) is 5.69 Å². The lowest BCUT2D eigenvalue weighted by Crippen LogP contribution is -2.08. The smallest absolute Gasteiger partial charge is 0.0606 e. The first-order chi connectivity index (χ1) is 5.74. The van der Waals surface area contributed by atoms with E-state index in [1.807, 2.05) is 24.8 Å². The van der Waals surface area contributed by atoms with Gasteiger partial charge in [-0.15, -0.1) is 0 Å². The molecular weight excluding hydrogens is 150 g/mol. The van der Waals surface area contributed by atoms with Gasteiger partial charge in [-0.2, -0.15) is 5.10 Å². The molecule has 0 aliphatic heterocycles. The molecule has 0 amide bonds. The van der Waals surface area contributed by atoms with Crippen molar-refractivity contribution in [2.75, 3.05) is 13.6 Å². The van der Waals surface area contributed by atoms with Crippen LogP contribution in [0.1, 0.15) is 12.6 Å². The Kier molecular flexibility index (Phi) is 3.05. The van der Waals surface area contributed by atoms with Gasteiger partial charge in [0.25, 0.3) is 0 Å². The Morgan fingerprint density at radius 1 is 1.75 bits per heavy atom. The van der Waals surface area contributed by atoms with Gasteiger partial charge in [-0.3, -0.25) is 4.68 Å². The third-order valence-corrected chi connectivity index (χ3v) is 1.71. The summed E-state index contributed by atoms with van der Waals surface area (Å²) in [6.45, 7) is 3.02. The summed E-state index contributed by atoms with van der Waals surface area (Å²) in [5.41, 5.74) is 2.45. The predicted octanol–water partition coefficient (Wildman–Crippen LogP) is 1.04. The lowest BCUT2D eigenvalue weighted by Gasteiger charge is -1.99.